The minimum Gasteiger partial charge on any atom is -0.478 e. The van der Waals surface area contributed by atoms with Gasteiger partial charge in [-0.1, -0.05) is 30.3 Å². The summed E-state index contributed by atoms with van der Waals surface area (Å²) < 4.78 is 1.79. The highest BCUT2D eigenvalue weighted by Crippen LogP contribution is 2.25. The first kappa shape index (κ1) is 14.8. The molecule has 0 radical (unpaired) electrons. The second-order valence-electron chi connectivity index (χ2n) is 4.95. The quantitative estimate of drug-likeness (QED) is 0.755. The smallest absolute Gasteiger partial charge is 0.337 e. The van der Waals surface area contributed by atoms with Gasteiger partial charge in [0, 0.05) is 24.4 Å². The van der Waals surface area contributed by atoms with Gasteiger partial charge in [-0.15, -0.1) is 0 Å². The highest BCUT2D eigenvalue weighted by molar-refractivity contribution is 5.94. The summed E-state index contributed by atoms with van der Waals surface area (Å²) in [7, 11) is 0. The number of anilines is 2. The van der Waals surface area contributed by atoms with Gasteiger partial charge < -0.3 is 10.4 Å². The third-order valence-electron chi connectivity index (χ3n) is 3.46. The van der Waals surface area contributed by atoms with Crippen molar-refractivity contribution in [2.75, 3.05) is 5.32 Å². The van der Waals surface area contributed by atoms with Crippen LogP contribution in [0.4, 0.5) is 11.5 Å². The van der Waals surface area contributed by atoms with Crippen molar-refractivity contribution in [2.45, 2.75) is 13.5 Å². The van der Waals surface area contributed by atoms with E-state index in [0.29, 0.717) is 12.2 Å². The molecule has 0 aliphatic rings. The average Bonchev–Trinajstić information content (AvgIpc) is 2.99. The Kier molecular flexibility index (Phi) is 4.05. The molecule has 0 spiro atoms. The van der Waals surface area contributed by atoms with Crippen LogP contribution in [0.15, 0.2) is 54.9 Å². The van der Waals surface area contributed by atoms with E-state index in [2.05, 4.69) is 15.4 Å². The van der Waals surface area contributed by atoms with Crippen molar-refractivity contribution in [1.29, 1.82) is 0 Å². The number of aromatic nitrogens is 3. The van der Waals surface area contributed by atoms with E-state index >= 15 is 0 Å². The molecule has 2 aromatic heterocycles. The van der Waals surface area contributed by atoms with Crippen molar-refractivity contribution in [3.63, 3.8) is 0 Å². The summed E-state index contributed by atoms with van der Waals surface area (Å²) in [6.45, 7) is 2.64. The number of carboxylic acid groups (broad SMARTS) is 1. The zero-order chi connectivity index (χ0) is 16.2. The predicted octanol–water partition coefficient (Wildman–Crippen LogP) is 3.41. The summed E-state index contributed by atoms with van der Waals surface area (Å²) in [5, 5.41) is 16.9. The molecule has 0 saturated heterocycles. The maximum atomic E-state index is 11.3. The minimum absolute atomic E-state index is 0.171. The lowest BCUT2D eigenvalue weighted by Gasteiger charge is -2.09. The van der Waals surface area contributed by atoms with E-state index in [4.69, 9.17) is 0 Å². The largest absolute Gasteiger partial charge is 0.478 e. The molecular formula is C17H16N4O2. The fourth-order valence-electron chi connectivity index (χ4n) is 2.33. The molecule has 2 N–H and O–H groups in total. The number of carboxylic acids is 1. The lowest BCUT2D eigenvalue weighted by Crippen LogP contribution is -2.07. The van der Waals surface area contributed by atoms with Crippen LogP contribution < -0.4 is 5.32 Å². The van der Waals surface area contributed by atoms with Crippen LogP contribution in [0.3, 0.4) is 0 Å². The zero-order valence-corrected chi connectivity index (χ0v) is 12.6. The average molecular weight is 308 g/mol. The van der Waals surface area contributed by atoms with Gasteiger partial charge in [-0.25, -0.2) is 9.48 Å². The highest BCUT2D eigenvalue weighted by Gasteiger charge is 2.13. The lowest BCUT2D eigenvalue weighted by atomic mass is 10.1. The minimum atomic E-state index is -0.999. The van der Waals surface area contributed by atoms with E-state index < -0.39 is 5.97 Å². The van der Waals surface area contributed by atoms with E-state index in [-0.39, 0.29) is 5.56 Å². The zero-order valence-electron chi connectivity index (χ0n) is 12.6. The molecule has 6 heteroatoms. The molecule has 23 heavy (non-hydrogen) atoms. The Labute approximate surface area is 133 Å². The Morgan fingerprint density at radius 2 is 2.04 bits per heavy atom. The van der Waals surface area contributed by atoms with Gasteiger partial charge in [-0.05, 0) is 13.0 Å². The molecule has 0 atom stereocenters. The number of nitrogens with one attached hydrogen (secondary N) is 1. The van der Waals surface area contributed by atoms with Crippen LogP contribution in [-0.2, 0) is 6.54 Å². The van der Waals surface area contributed by atoms with Crippen molar-refractivity contribution in [1.82, 2.24) is 14.8 Å². The number of benzene rings is 1. The van der Waals surface area contributed by atoms with Gasteiger partial charge in [0.1, 0.15) is 5.82 Å². The van der Waals surface area contributed by atoms with Crippen molar-refractivity contribution >= 4 is 17.5 Å². The topological polar surface area (TPSA) is 80.0 Å². The number of nitrogens with zero attached hydrogens (tertiary/aromatic N) is 3. The number of carbonyl (C=O) groups is 1. The monoisotopic (exact) mass is 308 g/mol. The van der Waals surface area contributed by atoms with E-state index in [1.54, 1.807) is 4.68 Å². The van der Waals surface area contributed by atoms with Gasteiger partial charge in [0.25, 0.3) is 0 Å². The van der Waals surface area contributed by atoms with Crippen LogP contribution in [0, 0.1) is 0 Å². The maximum Gasteiger partial charge on any atom is 0.337 e. The summed E-state index contributed by atoms with van der Waals surface area (Å²) >= 11 is 0. The summed E-state index contributed by atoms with van der Waals surface area (Å²) in [5.74, 6) is -0.275. The first-order valence-electron chi connectivity index (χ1n) is 7.26. The Balaban J connectivity index is 1.98. The molecule has 0 unspecified atom stereocenters. The molecule has 3 rings (SSSR count). The van der Waals surface area contributed by atoms with Crippen LogP contribution in [-0.4, -0.2) is 25.8 Å². The number of aryl methyl sites for hydroxylation is 1. The lowest BCUT2D eigenvalue weighted by molar-refractivity contribution is 0.0698. The van der Waals surface area contributed by atoms with Crippen molar-refractivity contribution in [3.8, 4) is 11.3 Å². The summed E-state index contributed by atoms with van der Waals surface area (Å²) in [6, 6.07) is 13.2. The number of pyridine rings is 1. The number of hydrogen-bond acceptors (Lipinski definition) is 4. The van der Waals surface area contributed by atoms with Crippen LogP contribution in [0.5, 0.6) is 0 Å². The third-order valence-corrected chi connectivity index (χ3v) is 3.46. The first-order chi connectivity index (χ1) is 11.2. The normalized spacial score (nSPS) is 10.5. The molecule has 0 bridgehead atoms. The second kappa shape index (κ2) is 6.31. The van der Waals surface area contributed by atoms with Gasteiger partial charge >= 0.3 is 5.97 Å². The van der Waals surface area contributed by atoms with E-state index in [1.807, 2.05) is 43.3 Å². The van der Waals surface area contributed by atoms with Gasteiger partial charge in [0.05, 0.1) is 23.1 Å². The molecule has 1 aromatic carbocycles. The molecule has 6 nitrogen and oxygen atoms in total. The summed E-state index contributed by atoms with van der Waals surface area (Å²) in [5.41, 5.74) is 2.45. The van der Waals surface area contributed by atoms with E-state index in [9.17, 15) is 9.90 Å². The first-order valence-corrected chi connectivity index (χ1v) is 7.26. The standard InChI is InChI=1S/C17H16N4O2/c1-2-21-16(10-14(20-21)12-6-4-3-5-7-12)19-15-11-18-9-8-13(15)17(22)23/h3-11,19H,2H2,1H3,(H,22,23). The molecule has 0 fully saturated rings. The van der Waals surface area contributed by atoms with Gasteiger partial charge in [0.2, 0.25) is 0 Å². The van der Waals surface area contributed by atoms with E-state index in [1.165, 1.54) is 18.5 Å². The highest BCUT2D eigenvalue weighted by atomic mass is 16.4. The van der Waals surface area contributed by atoms with Crippen LogP contribution >= 0.6 is 0 Å². The number of aromatic carboxylic acids is 1. The van der Waals surface area contributed by atoms with Gasteiger partial charge in [0.15, 0.2) is 0 Å². The van der Waals surface area contributed by atoms with Gasteiger partial charge in [-0.3, -0.25) is 4.98 Å². The third kappa shape index (κ3) is 3.06. The molecule has 116 valence electrons. The summed E-state index contributed by atoms with van der Waals surface area (Å²) in [4.78, 5) is 15.3. The Hall–Kier alpha value is -3.15. The Bertz CT molecular complexity index is 828. The number of rotatable bonds is 5. The predicted molar refractivity (Wildman–Crippen MR) is 87.8 cm³/mol. The Morgan fingerprint density at radius 3 is 2.74 bits per heavy atom. The van der Waals surface area contributed by atoms with Crippen LogP contribution in [0.25, 0.3) is 11.3 Å². The van der Waals surface area contributed by atoms with Crippen LogP contribution in [0.1, 0.15) is 17.3 Å². The molecule has 0 saturated carbocycles. The molecule has 0 amide bonds. The fourth-order valence-corrected chi connectivity index (χ4v) is 2.33. The molecule has 0 aliphatic heterocycles. The maximum absolute atomic E-state index is 11.3. The number of hydrogen-bond donors (Lipinski definition) is 2. The SMILES string of the molecule is CCn1nc(-c2ccccc2)cc1Nc1cnccc1C(=O)O. The molecule has 3 aromatic rings. The molecule has 0 aliphatic carbocycles. The molecular weight excluding hydrogens is 292 g/mol. The van der Waals surface area contributed by atoms with Crippen LogP contribution in [0.2, 0.25) is 0 Å². The van der Waals surface area contributed by atoms with Crippen molar-refractivity contribution < 1.29 is 9.90 Å². The fraction of sp³-hybridized carbons (Fsp3) is 0.118. The second-order valence-corrected chi connectivity index (χ2v) is 4.95. The molecule has 2 heterocycles. The van der Waals surface area contributed by atoms with Crippen molar-refractivity contribution in [3.05, 3.63) is 60.4 Å². The van der Waals surface area contributed by atoms with Gasteiger partial charge in [-0.2, -0.15) is 5.10 Å². The van der Waals surface area contributed by atoms with Crippen molar-refractivity contribution in [2.24, 2.45) is 0 Å². The summed E-state index contributed by atoms with van der Waals surface area (Å²) in [6.07, 6.45) is 2.96. The Morgan fingerprint density at radius 1 is 1.26 bits per heavy atom. The van der Waals surface area contributed by atoms with E-state index in [0.717, 1.165) is 17.1 Å².